The molecule has 152 valence electrons. The van der Waals surface area contributed by atoms with Gasteiger partial charge in [0.15, 0.2) is 15.0 Å². The van der Waals surface area contributed by atoms with E-state index in [9.17, 15) is 13.2 Å². The Morgan fingerprint density at radius 3 is 2.45 bits per heavy atom. The number of carbonyl (C=O) groups is 1. The van der Waals surface area contributed by atoms with Crippen LogP contribution in [0, 0.1) is 6.92 Å². The highest BCUT2D eigenvalue weighted by molar-refractivity contribution is 8.15. The van der Waals surface area contributed by atoms with Crippen molar-refractivity contribution in [3.05, 3.63) is 70.2 Å². The molecule has 2 aromatic carbocycles. The van der Waals surface area contributed by atoms with Crippen molar-refractivity contribution in [1.29, 1.82) is 0 Å². The first-order chi connectivity index (χ1) is 13.8. The average molecular weight is 449 g/mol. The number of aliphatic imine (C=N–C) groups is 1. The number of hydrogen-bond donors (Lipinski definition) is 0. The van der Waals surface area contributed by atoms with E-state index in [0.29, 0.717) is 16.7 Å². The van der Waals surface area contributed by atoms with E-state index in [1.807, 2.05) is 48.2 Å². The third-order valence-corrected chi connectivity index (χ3v) is 8.64. The number of amidine groups is 1. The maximum atomic E-state index is 12.6. The Labute approximate surface area is 180 Å². The molecular formula is C21H21ClN2O3S2. The molecule has 8 heteroatoms. The average Bonchev–Trinajstić information content (AvgIpc) is 3.11. The van der Waals surface area contributed by atoms with Crippen LogP contribution in [0.2, 0.25) is 5.02 Å². The second-order valence-corrected chi connectivity index (χ2v) is 11.3. The molecule has 2 saturated heterocycles. The van der Waals surface area contributed by atoms with E-state index in [0.717, 1.165) is 16.7 Å². The molecule has 0 radical (unpaired) electrons. The number of sulfone groups is 1. The molecule has 29 heavy (non-hydrogen) atoms. The SMILES string of the molecule is Cc1ccc(CN2C(=NC(=O)Cc3ccc(Cl)cc3)S[C@H]3CS(=O)(=O)C[C@@H]32)cc1. The van der Waals surface area contributed by atoms with E-state index in [4.69, 9.17) is 11.6 Å². The van der Waals surface area contributed by atoms with Gasteiger partial charge in [-0.2, -0.15) is 4.99 Å². The minimum absolute atomic E-state index is 0.0764. The van der Waals surface area contributed by atoms with Gasteiger partial charge in [0.25, 0.3) is 5.91 Å². The van der Waals surface area contributed by atoms with Gasteiger partial charge in [0, 0.05) is 16.8 Å². The summed E-state index contributed by atoms with van der Waals surface area (Å²) in [6.07, 6.45) is 0.188. The molecular weight excluding hydrogens is 428 g/mol. The topological polar surface area (TPSA) is 66.8 Å². The smallest absolute Gasteiger partial charge is 0.252 e. The number of thioether (sulfide) groups is 1. The maximum Gasteiger partial charge on any atom is 0.252 e. The van der Waals surface area contributed by atoms with Gasteiger partial charge < -0.3 is 4.90 Å². The zero-order valence-electron chi connectivity index (χ0n) is 15.9. The van der Waals surface area contributed by atoms with Crippen LogP contribution in [0.3, 0.4) is 0 Å². The van der Waals surface area contributed by atoms with E-state index >= 15 is 0 Å². The normalized spacial score (nSPS) is 24.1. The minimum atomic E-state index is -3.06. The molecule has 1 amide bonds. The zero-order chi connectivity index (χ0) is 20.6. The number of nitrogens with zero attached hydrogens (tertiary/aromatic N) is 2. The zero-order valence-corrected chi connectivity index (χ0v) is 18.3. The van der Waals surface area contributed by atoms with Crippen molar-refractivity contribution in [3.8, 4) is 0 Å². The van der Waals surface area contributed by atoms with Crippen molar-refractivity contribution in [3.63, 3.8) is 0 Å². The van der Waals surface area contributed by atoms with Gasteiger partial charge in [-0.15, -0.1) is 0 Å². The highest BCUT2D eigenvalue weighted by atomic mass is 35.5. The van der Waals surface area contributed by atoms with Crippen LogP contribution < -0.4 is 0 Å². The number of aryl methyl sites for hydroxylation is 1. The van der Waals surface area contributed by atoms with Gasteiger partial charge in [-0.25, -0.2) is 8.42 Å². The van der Waals surface area contributed by atoms with Crippen LogP contribution in [-0.2, 0) is 27.6 Å². The minimum Gasteiger partial charge on any atom is -0.342 e. The Hall–Kier alpha value is -1.83. The van der Waals surface area contributed by atoms with Crippen LogP contribution >= 0.6 is 23.4 Å². The lowest BCUT2D eigenvalue weighted by Crippen LogP contribution is -2.37. The number of benzene rings is 2. The molecule has 4 rings (SSSR count). The lowest BCUT2D eigenvalue weighted by atomic mass is 10.1. The third-order valence-electron chi connectivity index (χ3n) is 5.14. The largest absolute Gasteiger partial charge is 0.342 e. The standard InChI is InChI=1S/C21H21ClN2O3S2/c1-14-2-4-16(5-3-14)11-24-18-12-29(26,27)13-19(18)28-21(24)23-20(25)10-15-6-8-17(22)9-7-15/h2-9,18-19H,10-13H2,1H3/t18-,19-/m0/s1. The summed E-state index contributed by atoms with van der Waals surface area (Å²) in [4.78, 5) is 18.9. The fourth-order valence-corrected chi connectivity index (χ4v) is 7.73. The number of amides is 1. The van der Waals surface area contributed by atoms with E-state index in [1.54, 1.807) is 12.1 Å². The van der Waals surface area contributed by atoms with Crippen LogP contribution in [0.1, 0.15) is 16.7 Å². The first kappa shape index (κ1) is 20.4. The Bertz CT molecular complexity index is 1050. The Morgan fingerprint density at radius 1 is 1.10 bits per heavy atom. The quantitative estimate of drug-likeness (QED) is 0.716. The summed E-state index contributed by atoms with van der Waals surface area (Å²) < 4.78 is 24.3. The Kier molecular flexibility index (Phi) is 5.73. The maximum absolute atomic E-state index is 12.6. The highest BCUT2D eigenvalue weighted by Gasteiger charge is 2.48. The molecule has 0 saturated carbocycles. The number of rotatable bonds is 4. The van der Waals surface area contributed by atoms with Gasteiger partial charge >= 0.3 is 0 Å². The van der Waals surface area contributed by atoms with Gasteiger partial charge in [0.05, 0.1) is 24.0 Å². The molecule has 0 unspecified atom stereocenters. The molecule has 0 N–H and O–H groups in total. The summed E-state index contributed by atoms with van der Waals surface area (Å²) in [6.45, 7) is 2.56. The Balaban J connectivity index is 1.56. The van der Waals surface area contributed by atoms with Crippen molar-refractivity contribution in [2.45, 2.75) is 31.2 Å². The molecule has 2 atom stereocenters. The van der Waals surface area contributed by atoms with Crippen molar-refractivity contribution in [2.24, 2.45) is 4.99 Å². The van der Waals surface area contributed by atoms with Gasteiger partial charge in [-0.3, -0.25) is 4.79 Å². The van der Waals surface area contributed by atoms with Gasteiger partial charge in [-0.05, 0) is 30.2 Å². The van der Waals surface area contributed by atoms with Crippen LogP contribution in [0.5, 0.6) is 0 Å². The second kappa shape index (κ2) is 8.13. The fourth-order valence-electron chi connectivity index (χ4n) is 3.63. The van der Waals surface area contributed by atoms with Crippen molar-refractivity contribution in [2.75, 3.05) is 11.5 Å². The molecule has 2 fully saturated rings. The Morgan fingerprint density at radius 2 is 1.76 bits per heavy atom. The first-order valence-electron chi connectivity index (χ1n) is 9.34. The number of fused-ring (bicyclic) bond motifs is 1. The predicted molar refractivity (Wildman–Crippen MR) is 118 cm³/mol. The van der Waals surface area contributed by atoms with Crippen LogP contribution in [0.25, 0.3) is 0 Å². The van der Waals surface area contributed by atoms with Crippen molar-refractivity contribution < 1.29 is 13.2 Å². The number of halogens is 1. The van der Waals surface area contributed by atoms with E-state index in [2.05, 4.69) is 4.99 Å². The first-order valence-corrected chi connectivity index (χ1v) is 12.4. The summed E-state index contributed by atoms with van der Waals surface area (Å²) >= 11 is 7.31. The van der Waals surface area contributed by atoms with E-state index < -0.39 is 9.84 Å². The van der Waals surface area contributed by atoms with Gasteiger partial charge in [0.2, 0.25) is 0 Å². The highest BCUT2D eigenvalue weighted by Crippen LogP contribution is 2.39. The van der Waals surface area contributed by atoms with Gasteiger partial charge in [-0.1, -0.05) is 65.3 Å². The predicted octanol–water partition coefficient (Wildman–Crippen LogP) is 3.49. The number of hydrogen-bond acceptors (Lipinski definition) is 4. The molecule has 0 spiro atoms. The lowest BCUT2D eigenvalue weighted by molar-refractivity contribution is -0.117. The molecule has 2 aliphatic heterocycles. The van der Waals surface area contributed by atoms with E-state index in [-0.39, 0.29) is 35.1 Å². The molecule has 0 aliphatic carbocycles. The van der Waals surface area contributed by atoms with Crippen LogP contribution in [0.15, 0.2) is 53.5 Å². The molecule has 0 bridgehead atoms. The van der Waals surface area contributed by atoms with E-state index in [1.165, 1.54) is 11.8 Å². The summed E-state index contributed by atoms with van der Waals surface area (Å²) in [6, 6.07) is 15.1. The third kappa shape index (κ3) is 4.85. The monoisotopic (exact) mass is 448 g/mol. The van der Waals surface area contributed by atoms with Crippen molar-refractivity contribution in [1.82, 2.24) is 4.90 Å². The second-order valence-electron chi connectivity index (χ2n) is 7.51. The van der Waals surface area contributed by atoms with Crippen molar-refractivity contribution >= 4 is 44.3 Å². The molecule has 5 nitrogen and oxygen atoms in total. The summed E-state index contributed by atoms with van der Waals surface area (Å²) in [5, 5.41) is 1.17. The lowest BCUT2D eigenvalue weighted by Gasteiger charge is -2.24. The van der Waals surface area contributed by atoms with Gasteiger partial charge in [0.1, 0.15) is 0 Å². The molecule has 2 aliphatic rings. The summed E-state index contributed by atoms with van der Waals surface area (Å²) in [5.41, 5.74) is 3.08. The molecule has 2 heterocycles. The summed E-state index contributed by atoms with van der Waals surface area (Å²) in [7, 11) is -3.06. The fraction of sp³-hybridized carbons (Fsp3) is 0.333. The summed E-state index contributed by atoms with van der Waals surface area (Å²) in [5.74, 6) is 0.00414. The van der Waals surface area contributed by atoms with Crippen LogP contribution in [0.4, 0.5) is 0 Å². The number of carbonyl (C=O) groups excluding carboxylic acids is 1. The van der Waals surface area contributed by atoms with Crippen LogP contribution in [-0.4, -0.2) is 47.2 Å². The molecule has 0 aromatic heterocycles. The molecule has 2 aromatic rings.